The number of aryl methyl sites for hydroxylation is 2. The molecule has 5 heteroatoms. The highest BCUT2D eigenvalue weighted by Crippen LogP contribution is 2.39. The third-order valence-electron chi connectivity index (χ3n) is 4.36. The second kappa shape index (κ2) is 5.94. The maximum absolute atomic E-state index is 9.84. The van der Waals surface area contributed by atoms with Gasteiger partial charge in [-0.1, -0.05) is 6.92 Å². The first-order valence-corrected chi connectivity index (χ1v) is 7.83. The molecule has 0 aromatic carbocycles. The average Bonchev–Trinajstić information content (AvgIpc) is 2.93. The lowest BCUT2D eigenvalue weighted by Crippen LogP contribution is -2.35. The number of ether oxygens (including phenoxy) is 1. The Kier molecular flexibility index (Phi) is 4.69. The molecule has 1 saturated heterocycles. The van der Waals surface area contributed by atoms with Gasteiger partial charge >= 0.3 is 0 Å². The van der Waals surface area contributed by atoms with Crippen LogP contribution >= 0.6 is 15.9 Å². The molecule has 0 aliphatic carbocycles. The number of hydrogen-bond donors (Lipinski definition) is 1. The van der Waals surface area contributed by atoms with Crippen LogP contribution in [0.3, 0.4) is 0 Å². The Hall–Kier alpha value is -0.390. The van der Waals surface area contributed by atoms with Gasteiger partial charge in [0.25, 0.3) is 0 Å². The first-order chi connectivity index (χ1) is 9.07. The van der Waals surface area contributed by atoms with Crippen molar-refractivity contribution in [3.63, 3.8) is 0 Å². The van der Waals surface area contributed by atoms with E-state index in [9.17, 15) is 5.11 Å². The molecule has 0 amide bonds. The first kappa shape index (κ1) is 15.0. The Morgan fingerprint density at radius 3 is 2.74 bits per heavy atom. The minimum Gasteiger partial charge on any atom is -0.396 e. The van der Waals surface area contributed by atoms with Crippen LogP contribution in [-0.4, -0.2) is 34.2 Å². The van der Waals surface area contributed by atoms with Gasteiger partial charge < -0.3 is 9.84 Å². The fourth-order valence-electron chi connectivity index (χ4n) is 2.83. The van der Waals surface area contributed by atoms with Crippen LogP contribution < -0.4 is 0 Å². The van der Waals surface area contributed by atoms with Crippen molar-refractivity contribution in [2.75, 3.05) is 13.2 Å². The predicted octanol–water partition coefficient (Wildman–Crippen LogP) is 2.56. The molecule has 1 aromatic rings. The van der Waals surface area contributed by atoms with Gasteiger partial charge in [0.15, 0.2) is 0 Å². The van der Waals surface area contributed by atoms with Crippen LogP contribution in [0.25, 0.3) is 0 Å². The molecule has 4 nitrogen and oxygen atoms in total. The Morgan fingerprint density at radius 2 is 2.26 bits per heavy atom. The van der Waals surface area contributed by atoms with Crippen LogP contribution in [0.1, 0.15) is 38.6 Å². The maximum Gasteiger partial charge on any atom is 0.0766 e. The van der Waals surface area contributed by atoms with Gasteiger partial charge in [0.2, 0.25) is 0 Å². The predicted molar refractivity (Wildman–Crippen MR) is 78.2 cm³/mol. The largest absolute Gasteiger partial charge is 0.396 e. The zero-order chi connectivity index (χ0) is 14.0. The molecule has 2 rings (SSSR count). The highest BCUT2D eigenvalue weighted by molar-refractivity contribution is 9.10. The van der Waals surface area contributed by atoms with Gasteiger partial charge in [-0.2, -0.15) is 5.10 Å². The van der Waals surface area contributed by atoms with Gasteiger partial charge in [-0.15, -0.1) is 0 Å². The number of aliphatic hydroxyl groups is 1. The van der Waals surface area contributed by atoms with E-state index in [1.165, 1.54) is 5.69 Å². The standard InChI is InChI=1S/C14H23BrN2O2/c1-4-11-13(15)12(17(5-2)16-11)8-14(9-18)6-7-19-10(14)3/h10,18H,4-9H2,1-3H3. The van der Waals surface area contributed by atoms with Crippen LogP contribution in [-0.2, 0) is 24.1 Å². The molecule has 0 spiro atoms. The van der Waals surface area contributed by atoms with E-state index in [-0.39, 0.29) is 18.1 Å². The molecule has 0 radical (unpaired) electrons. The molecule has 1 aliphatic rings. The van der Waals surface area contributed by atoms with Crippen molar-refractivity contribution in [1.29, 1.82) is 0 Å². The topological polar surface area (TPSA) is 47.3 Å². The van der Waals surface area contributed by atoms with Crippen LogP contribution in [0.5, 0.6) is 0 Å². The van der Waals surface area contributed by atoms with Crippen molar-refractivity contribution in [2.45, 2.75) is 52.7 Å². The molecule has 108 valence electrons. The summed E-state index contributed by atoms with van der Waals surface area (Å²) in [6.07, 6.45) is 2.73. The molecule has 0 saturated carbocycles. The van der Waals surface area contributed by atoms with E-state index in [0.29, 0.717) is 0 Å². The number of hydrogen-bond acceptors (Lipinski definition) is 3. The van der Waals surface area contributed by atoms with Crippen LogP contribution in [0, 0.1) is 5.41 Å². The van der Waals surface area contributed by atoms with E-state index in [2.05, 4.69) is 41.8 Å². The summed E-state index contributed by atoms with van der Waals surface area (Å²) in [5.41, 5.74) is 2.11. The lowest BCUT2D eigenvalue weighted by atomic mass is 9.78. The van der Waals surface area contributed by atoms with Crippen molar-refractivity contribution in [3.8, 4) is 0 Å². The summed E-state index contributed by atoms with van der Waals surface area (Å²) in [7, 11) is 0. The Labute approximate surface area is 123 Å². The van der Waals surface area contributed by atoms with Crippen LogP contribution in [0.15, 0.2) is 4.47 Å². The number of aliphatic hydroxyl groups excluding tert-OH is 1. The molecule has 2 heterocycles. The minimum absolute atomic E-state index is 0.0923. The monoisotopic (exact) mass is 330 g/mol. The average molecular weight is 331 g/mol. The molecule has 1 N–H and O–H groups in total. The van der Waals surface area contributed by atoms with Crippen molar-refractivity contribution >= 4 is 15.9 Å². The zero-order valence-corrected chi connectivity index (χ0v) is 13.5. The number of nitrogens with zero attached hydrogens (tertiary/aromatic N) is 2. The van der Waals surface area contributed by atoms with Crippen molar-refractivity contribution in [2.24, 2.45) is 5.41 Å². The highest BCUT2D eigenvalue weighted by atomic mass is 79.9. The van der Waals surface area contributed by atoms with Gasteiger partial charge in [-0.3, -0.25) is 4.68 Å². The Bertz CT molecular complexity index is 447. The van der Waals surface area contributed by atoms with E-state index >= 15 is 0 Å². The Balaban J connectivity index is 2.34. The van der Waals surface area contributed by atoms with E-state index in [0.717, 1.165) is 42.6 Å². The lowest BCUT2D eigenvalue weighted by Gasteiger charge is -2.30. The smallest absolute Gasteiger partial charge is 0.0766 e. The Morgan fingerprint density at radius 1 is 1.53 bits per heavy atom. The van der Waals surface area contributed by atoms with Crippen molar-refractivity contribution in [3.05, 3.63) is 15.9 Å². The molecule has 2 atom stereocenters. The maximum atomic E-state index is 9.84. The molecular formula is C14H23BrN2O2. The third kappa shape index (κ3) is 2.60. The molecule has 1 aliphatic heterocycles. The molecule has 19 heavy (non-hydrogen) atoms. The van der Waals surface area contributed by atoms with Gasteiger partial charge in [0.05, 0.1) is 28.6 Å². The summed E-state index contributed by atoms with van der Waals surface area (Å²) in [4.78, 5) is 0. The van der Waals surface area contributed by atoms with E-state index < -0.39 is 0 Å². The highest BCUT2D eigenvalue weighted by Gasteiger charge is 2.42. The van der Waals surface area contributed by atoms with E-state index in [1.54, 1.807) is 0 Å². The van der Waals surface area contributed by atoms with Crippen LogP contribution in [0.4, 0.5) is 0 Å². The quantitative estimate of drug-likeness (QED) is 0.902. The third-order valence-corrected chi connectivity index (χ3v) is 5.27. The van der Waals surface area contributed by atoms with Gasteiger partial charge in [0, 0.05) is 25.0 Å². The minimum atomic E-state index is -0.166. The molecule has 0 bridgehead atoms. The van der Waals surface area contributed by atoms with Crippen molar-refractivity contribution in [1.82, 2.24) is 9.78 Å². The fourth-order valence-corrected chi connectivity index (χ4v) is 3.54. The summed E-state index contributed by atoms with van der Waals surface area (Å²) < 4.78 is 8.82. The summed E-state index contributed by atoms with van der Waals surface area (Å²) >= 11 is 3.68. The SMILES string of the molecule is CCc1nn(CC)c(CC2(CO)CCOC2C)c1Br. The molecule has 2 unspecified atom stereocenters. The summed E-state index contributed by atoms with van der Waals surface area (Å²) in [6.45, 7) is 8.02. The van der Waals surface area contributed by atoms with Gasteiger partial charge in [0.1, 0.15) is 0 Å². The summed E-state index contributed by atoms with van der Waals surface area (Å²) in [5.74, 6) is 0. The first-order valence-electron chi connectivity index (χ1n) is 7.04. The van der Waals surface area contributed by atoms with Crippen LogP contribution in [0.2, 0.25) is 0 Å². The van der Waals surface area contributed by atoms with Gasteiger partial charge in [-0.05, 0) is 42.6 Å². The molecular weight excluding hydrogens is 308 g/mol. The fraction of sp³-hybridized carbons (Fsp3) is 0.786. The normalized spacial score (nSPS) is 27.1. The summed E-state index contributed by atoms with van der Waals surface area (Å²) in [6, 6.07) is 0. The molecule has 1 aromatic heterocycles. The number of rotatable bonds is 5. The lowest BCUT2D eigenvalue weighted by molar-refractivity contribution is 0.0259. The number of aromatic nitrogens is 2. The second-order valence-corrected chi connectivity index (χ2v) is 6.13. The summed E-state index contributed by atoms with van der Waals surface area (Å²) in [5, 5.41) is 14.5. The van der Waals surface area contributed by atoms with E-state index in [1.807, 2.05) is 4.68 Å². The zero-order valence-electron chi connectivity index (χ0n) is 11.9. The van der Waals surface area contributed by atoms with Gasteiger partial charge in [-0.25, -0.2) is 0 Å². The van der Waals surface area contributed by atoms with Crippen molar-refractivity contribution < 1.29 is 9.84 Å². The molecule has 1 fully saturated rings. The second-order valence-electron chi connectivity index (χ2n) is 5.34. The van der Waals surface area contributed by atoms with E-state index in [4.69, 9.17) is 4.74 Å². The number of halogens is 1.